The second-order valence-electron chi connectivity index (χ2n) is 33.8. The molecule has 106 heavy (non-hydrogen) atoms. The Labute approximate surface area is 617 Å². The first-order valence-electron chi connectivity index (χ1n) is 38.1. The molecule has 0 aromatic heterocycles. The summed E-state index contributed by atoms with van der Waals surface area (Å²) in [5.74, 6) is 0.0726. The number of hydrogen-bond donors (Lipinski definition) is 19. The molecule has 7 aliphatic heterocycles. The van der Waals surface area contributed by atoms with Gasteiger partial charge in [-0.15, -0.1) is 0 Å². The Balaban J connectivity index is 0.763. The van der Waals surface area contributed by atoms with Gasteiger partial charge in [-0.2, -0.15) is 0 Å². The van der Waals surface area contributed by atoms with E-state index in [2.05, 4.69) is 47.6 Å². The van der Waals surface area contributed by atoms with E-state index in [1.165, 1.54) is 0 Å². The third-order valence-electron chi connectivity index (χ3n) is 26.3. The van der Waals surface area contributed by atoms with Gasteiger partial charge in [0, 0.05) is 43.1 Å². The topological polar surface area (TPSA) is 523 Å². The van der Waals surface area contributed by atoms with Crippen molar-refractivity contribution >= 4 is 0 Å². The van der Waals surface area contributed by atoms with Gasteiger partial charge in [0.1, 0.15) is 104 Å². The quantitative estimate of drug-likeness (QED) is 0.0212. The minimum atomic E-state index is -1.83. The van der Waals surface area contributed by atoms with Crippen LogP contribution in [0.15, 0.2) is 11.6 Å². The molecule has 0 aromatic carbocycles. The number of allylic oxidation sites excluding steroid dienone is 1. The summed E-state index contributed by atoms with van der Waals surface area (Å²) in [6.45, 7) is 13.0. The number of fused-ring (bicyclic) bond motifs is 5. The van der Waals surface area contributed by atoms with Crippen LogP contribution in [0.2, 0.25) is 0 Å². The van der Waals surface area contributed by atoms with Crippen LogP contribution < -0.4 is 0 Å². The van der Waals surface area contributed by atoms with Crippen molar-refractivity contribution in [1.29, 1.82) is 0 Å². The normalized spacial score (nSPS) is 49.9. The lowest BCUT2D eigenvalue weighted by molar-refractivity contribution is -0.417. The van der Waals surface area contributed by atoms with Crippen LogP contribution in [-0.2, 0) is 71.4 Å². The van der Waals surface area contributed by atoms with Gasteiger partial charge >= 0.3 is 0 Å². The number of rotatable bonds is 27. The molecule has 614 valence electrons. The molecule has 4 aliphatic carbocycles. The fraction of sp³-hybridized carbons (Fsp3) is 0.972. The van der Waals surface area contributed by atoms with Gasteiger partial charge < -0.3 is 159 Å². The maximum atomic E-state index is 13.0. The second kappa shape index (κ2) is 34.8. The highest BCUT2D eigenvalue weighted by Gasteiger charge is 2.71. The van der Waals surface area contributed by atoms with Gasteiger partial charge in [-0.1, -0.05) is 53.2 Å². The van der Waals surface area contributed by atoms with Crippen LogP contribution in [0, 0.1) is 45.3 Å². The zero-order valence-corrected chi connectivity index (χ0v) is 61.8. The standard InChI is InChI=1S/C72H122O34/c1-31(37-15-17-70(6)45-12-10-38-39(72(45,8)46(79)23-71(37,70)7)11-14-47(68(38,2)3)103-65-60(90)56(86)52(82)43(101-65)29-94-63-58(88)54(84)50(80)41(25-74)99-63)9-13-48(69(4,5)91)104-67-61(105-49-21-33(77)20-34(24-73)97-49)40(78)22-36(98-67)27-93-66-62(106-96-28-35-19-32(76)16-18-92-35)57(87)53(83)44(102-66)30-95-64-59(89)55(85)51(81)42(26-75)100-64/h10,31-37,39-67,73-91H,9,11-30H2,1-8H3/t31-,32-,33+,34+,35+,36+,37?,39?,40+,41-,42-,43-,44-,45?,46-,47+,48-,49+,50-,51-,52-,53-,54+,55+,56+,57+,58-,59-,60-,61?,62-,63+,64+,65+,66+,67+,70+,71-,72+/m1/s1. The third kappa shape index (κ3) is 17.3. The molecule has 0 amide bonds. The van der Waals surface area contributed by atoms with E-state index in [0.717, 1.165) is 18.4 Å². The lowest BCUT2D eigenvalue weighted by Crippen LogP contribution is -2.65. The molecule has 10 fully saturated rings. The van der Waals surface area contributed by atoms with E-state index in [9.17, 15) is 97.0 Å². The van der Waals surface area contributed by atoms with Crippen molar-refractivity contribution in [2.75, 3.05) is 52.9 Å². The zero-order chi connectivity index (χ0) is 77.0. The SMILES string of the molecule is C[C@H](CC[C@@H](O[C@@H]1O[C@H](CO[C@H]2O[C@H](CO[C@H]3O[C@H](CO)[C@@H](O)[C@H](O)[C@H]3O)[C@@H](O)[C@H](O)[C@H]2OOC[C@@H]2C[C@H](O)CCO2)C[C@H](O)C1O[C@H]1C[C@@H](O)C[C@@H](CO)O1)C(C)(C)O)C1CC[C@@]2(C)C3CC=C4C(CC[C@H](O[C@@H]5O[C@H](CO[C@H]6O[C@H](CO)[C@@H](O)[C@H](O)[C@H]6O)[C@@H](O)[C@H](O)[C@H]5O)C4(C)C)[C@]3(C)[C@H](O)C[C@]12C. The number of aliphatic hydroxyl groups excluding tert-OH is 18. The minimum absolute atomic E-state index is 0.00393. The van der Waals surface area contributed by atoms with E-state index in [1.54, 1.807) is 13.8 Å². The molecule has 39 atom stereocenters. The molecule has 11 aliphatic rings. The molecule has 19 N–H and O–H groups in total. The van der Waals surface area contributed by atoms with Crippen molar-refractivity contribution in [2.45, 2.75) is 341 Å². The Kier molecular flexibility index (Phi) is 28.0. The lowest BCUT2D eigenvalue weighted by atomic mass is 9.38. The van der Waals surface area contributed by atoms with Crippen LogP contribution >= 0.6 is 0 Å². The predicted molar refractivity (Wildman–Crippen MR) is 359 cm³/mol. The summed E-state index contributed by atoms with van der Waals surface area (Å²) in [5.41, 5.74) is -2.36. The van der Waals surface area contributed by atoms with Crippen LogP contribution in [0.25, 0.3) is 0 Å². The molecular weight excluding hydrogens is 1410 g/mol. The molecule has 0 aromatic rings. The van der Waals surface area contributed by atoms with Crippen molar-refractivity contribution in [3.63, 3.8) is 0 Å². The van der Waals surface area contributed by atoms with E-state index < -0.39 is 253 Å². The Morgan fingerprint density at radius 1 is 0.519 bits per heavy atom. The maximum absolute atomic E-state index is 13.0. The molecule has 0 radical (unpaired) electrons. The van der Waals surface area contributed by atoms with Gasteiger partial charge in [-0.3, -0.25) is 0 Å². The fourth-order valence-corrected chi connectivity index (χ4v) is 19.6. The Morgan fingerprint density at radius 2 is 1.09 bits per heavy atom. The summed E-state index contributed by atoms with van der Waals surface area (Å²) < 4.78 is 79.2. The first-order valence-corrected chi connectivity index (χ1v) is 38.1. The summed E-state index contributed by atoms with van der Waals surface area (Å²) in [7, 11) is 0. The van der Waals surface area contributed by atoms with Gasteiger partial charge in [0.05, 0.1) is 100 Å². The van der Waals surface area contributed by atoms with Crippen LogP contribution in [0.5, 0.6) is 0 Å². The molecule has 7 saturated heterocycles. The van der Waals surface area contributed by atoms with Crippen molar-refractivity contribution in [1.82, 2.24) is 0 Å². The highest BCUT2D eigenvalue weighted by Crippen LogP contribution is 2.75. The molecule has 34 nitrogen and oxygen atoms in total. The Morgan fingerprint density at radius 3 is 1.70 bits per heavy atom. The van der Waals surface area contributed by atoms with E-state index in [0.29, 0.717) is 38.5 Å². The number of ether oxygens (including phenoxy) is 13. The van der Waals surface area contributed by atoms with Crippen molar-refractivity contribution < 1.29 is 168 Å². The molecule has 11 rings (SSSR count). The molecule has 34 heteroatoms. The second-order valence-corrected chi connectivity index (χ2v) is 33.8. The summed E-state index contributed by atoms with van der Waals surface area (Å²) in [6.07, 6.45) is -36.4. The molecule has 0 bridgehead atoms. The van der Waals surface area contributed by atoms with Crippen molar-refractivity contribution in [3.8, 4) is 0 Å². The van der Waals surface area contributed by atoms with Crippen LogP contribution in [-0.4, -0.2) is 352 Å². The van der Waals surface area contributed by atoms with Gasteiger partial charge in [-0.25, -0.2) is 9.78 Å². The first-order chi connectivity index (χ1) is 50.0. The zero-order valence-electron chi connectivity index (χ0n) is 61.8. The average molecular weight is 1530 g/mol. The van der Waals surface area contributed by atoms with E-state index in [4.69, 9.17) is 71.4 Å². The predicted octanol–water partition coefficient (Wildman–Crippen LogP) is -4.00. The monoisotopic (exact) mass is 1530 g/mol. The average Bonchev–Trinajstić information content (AvgIpc) is 1.35. The number of hydrogen-bond acceptors (Lipinski definition) is 34. The highest BCUT2D eigenvalue weighted by molar-refractivity contribution is 5.32. The van der Waals surface area contributed by atoms with Gasteiger partial charge in [0.2, 0.25) is 0 Å². The molecule has 0 spiro atoms. The summed E-state index contributed by atoms with van der Waals surface area (Å²) in [5, 5.41) is 207. The Bertz CT molecular complexity index is 2810. The van der Waals surface area contributed by atoms with Gasteiger partial charge in [-0.05, 0) is 106 Å². The first kappa shape index (κ1) is 85.3. The maximum Gasteiger partial charge on any atom is 0.190 e. The van der Waals surface area contributed by atoms with Crippen LogP contribution in [0.3, 0.4) is 0 Å². The van der Waals surface area contributed by atoms with Gasteiger partial charge in [0.25, 0.3) is 0 Å². The van der Waals surface area contributed by atoms with Crippen molar-refractivity contribution in [2.24, 2.45) is 45.3 Å². The van der Waals surface area contributed by atoms with Gasteiger partial charge in [0.15, 0.2) is 43.8 Å². The molecule has 7 heterocycles. The summed E-state index contributed by atoms with van der Waals surface area (Å²) >= 11 is 0. The minimum Gasteiger partial charge on any atom is -0.394 e. The lowest BCUT2D eigenvalue weighted by Gasteiger charge is -2.67. The summed E-state index contributed by atoms with van der Waals surface area (Å²) in [4.78, 5) is 11.2. The molecular formula is C72H122O34. The number of aliphatic hydroxyl groups is 19. The fourth-order valence-electron chi connectivity index (χ4n) is 19.6. The molecule has 3 saturated carbocycles. The smallest absolute Gasteiger partial charge is 0.190 e. The van der Waals surface area contributed by atoms with Crippen molar-refractivity contribution in [3.05, 3.63) is 11.6 Å². The highest BCUT2D eigenvalue weighted by atomic mass is 17.2. The summed E-state index contributed by atoms with van der Waals surface area (Å²) in [6, 6.07) is 0. The molecule has 4 unspecified atom stereocenters. The van der Waals surface area contributed by atoms with Crippen LogP contribution in [0.1, 0.15) is 139 Å². The third-order valence-corrected chi connectivity index (χ3v) is 26.3. The van der Waals surface area contributed by atoms with E-state index >= 15 is 0 Å². The largest absolute Gasteiger partial charge is 0.394 e. The van der Waals surface area contributed by atoms with E-state index in [-0.39, 0.29) is 79.8 Å². The van der Waals surface area contributed by atoms with Crippen LogP contribution in [0.4, 0.5) is 0 Å². The van der Waals surface area contributed by atoms with E-state index in [1.807, 2.05) is 0 Å². The Hall–Kier alpha value is -1.62.